The topological polar surface area (TPSA) is 417 Å². The summed E-state index contributed by atoms with van der Waals surface area (Å²) in [6.45, 7) is 59.5. The van der Waals surface area contributed by atoms with Crippen molar-refractivity contribution in [3.63, 3.8) is 0 Å². The molecule has 6 aromatic carbocycles. The van der Waals surface area contributed by atoms with Gasteiger partial charge < -0.3 is 68.5 Å². The highest BCUT2D eigenvalue weighted by Crippen LogP contribution is 2.49. The highest BCUT2D eigenvalue weighted by Gasteiger charge is 2.52. The number of carboxylic acid groups (broad SMARTS) is 6. The molecule has 6 N–H and O–H groups in total. The zero-order valence-electron chi connectivity index (χ0n) is 90.9. The highest BCUT2D eigenvalue weighted by atomic mass is 32.2. The Morgan fingerprint density at radius 2 is 0.690 bits per heavy atom. The van der Waals surface area contributed by atoms with Crippen LogP contribution in [-0.4, -0.2) is 160 Å². The molecule has 8 unspecified atom stereocenters. The SMILES string of the molecule is C=Cc1ccc(OC(=O)c2ccc(C(C)CC)cc2)cc1.C=Cc1ccccc1.C=Cc1ccccc1.CCC(C)(C)C(=O)O.CCC(C)(C)C(=O)O.CCC(C)(C)C(=O)OCCOC(=O)C1C2C=CC(C2)C1C(=O)O.CCC(C)(C)C(=O)OCCOC(=O)CCC(=O)O.CCC(C)(C)C(=O)OCCOC(=O)CCC(=O)O.CCC(C)C(=O)O.CCOc1ccc(C(C)CC)cc1.CCSc1ccc(C(C)CC)cc1. The van der Waals surface area contributed by atoms with Gasteiger partial charge in [-0.3, -0.25) is 57.5 Å². The van der Waals surface area contributed by atoms with E-state index in [-0.39, 0.29) is 107 Å². The number of carboxylic acids is 6. The molecule has 8 rings (SSSR count). The van der Waals surface area contributed by atoms with Crippen molar-refractivity contribution in [1.29, 1.82) is 0 Å². The summed E-state index contributed by atoms with van der Waals surface area (Å²) in [7, 11) is 0. The van der Waals surface area contributed by atoms with E-state index in [1.54, 1.807) is 94.4 Å². The summed E-state index contributed by atoms with van der Waals surface area (Å²) < 4.78 is 40.3. The summed E-state index contributed by atoms with van der Waals surface area (Å²) >= 11 is 1.90. The third-order valence-corrected chi connectivity index (χ3v) is 25.5. The number of carbonyl (C=O) groups is 13. The van der Waals surface area contributed by atoms with E-state index in [4.69, 9.17) is 63.4 Å². The molecule has 0 aliphatic heterocycles. The summed E-state index contributed by atoms with van der Waals surface area (Å²) in [6, 6.07) is 52.3. The molecule has 0 radical (unpaired) electrons. The van der Waals surface area contributed by atoms with Crippen LogP contribution in [0.5, 0.6) is 11.5 Å². The fourth-order valence-electron chi connectivity index (χ4n) is 11.3. The van der Waals surface area contributed by atoms with Gasteiger partial charge in [0.15, 0.2) is 0 Å². The fourth-order valence-corrected chi connectivity index (χ4v) is 11.9. The van der Waals surface area contributed by atoms with Crippen LogP contribution in [0.2, 0.25) is 0 Å². The van der Waals surface area contributed by atoms with Crippen molar-refractivity contribution in [2.24, 2.45) is 56.7 Å². The first-order valence-electron chi connectivity index (χ1n) is 50.0. The Morgan fingerprint density at radius 3 is 0.966 bits per heavy atom. The first kappa shape index (κ1) is 137. The molecular weight excluding hydrogens is 1870 g/mol. The van der Waals surface area contributed by atoms with Gasteiger partial charge in [0.25, 0.3) is 0 Å². The molecule has 145 heavy (non-hydrogen) atoms. The third kappa shape index (κ3) is 59.5. The molecule has 0 saturated heterocycles. The van der Waals surface area contributed by atoms with Gasteiger partial charge in [0, 0.05) is 4.90 Å². The molecule has 27 nitrogen and oxygen atoms in total. The van der Waals surface area contributed by atoms with E-state index in [0.29, 0.717) is 67.6 Å². The number of rotatable bonds is 44. The maximum absolute atomic E-state index is 12.2. The van der Waals surface area contributed by atoms with E-state index in [0.717, 1.165) is 36.5 Å². The van der Waals surface area contributed by atoms with Crippen molar-refractivity contribution in [2.75, 3.05) is 52.0 Å². The van der Waals surface area contributed by atoms with Gasteiger partial charge in [-0.1, -0.05) is 256 Å². The molecule has 1 saturated carbocycles. The van der Waals surface area contributed by atoms with Gasteiger partial charge in [-0.05, 0) is 258 Å². The second-order valence-corrected chi connectivity index (χ2v) is 38.9. The molecule has 8 atom stereocenters. The van der Waals surface area contributed by atoms with Crippen LogP contribution < -0.4 is 9.47 Å². The monoisotopic (exact) mass is 2040 g/mol. The molecule has 6 aromatic rings. The Kier molecular flexibility index (Phi) is 71.0. The minimum Gasteiger partial charge on any atom is -0.494 e. The Balaban J connectivity index is -0.00000156. The average molecular weight is 2040 g/mol. The molecule has 2 aliphatic rings. The lowest BCUT2D eigenvalue weighted by molar-refractivity contribution is -0.163. The maximum atomic E-state index is 12.2. The summed E-state index contributed by atoms with van der Waals surface area (Å²) in [5.74, 6) is -5.46. The van der Waals surface area contributed by atoms with Gasteiger partial charge in [0.1, 0.15) is 51.1 Å². The van der Waals surface area contributed by atoms with Crippen LogP contribution in [0.15, 0.2) is 195 Å². The van der Waals surface area contributed by atoms with Gasteiger partial charge in [-0.15, -0.1) is 11.8 Å². The van der Waals surface area contributed by atoms with Crippen molar-refractivity contribution in [1.82, 2.24) is 0 Å². The molecule has 1 fully saturated rings. The molecule has 0 heterocycles. The average Bonchev–Trinajstić information content (AvgIpc) is 1.61. The number of allylic oxidation sites excluding steroid dienone is 2. The zero-order chi connectivity index (χ0) is 111. The van der Waals surface area contributed by atoms with Gasteiger partial charge in [-0.25, -0.2) is 4.79 Å². The van der Waals surface area contributed by atoms with Gasteiger partial charge in [0.05, 0.1) is 82.7 Å². The molecule has 2 bridgehead atoms. The minimum atomic E-state index is -1.05. The molecule has 0 aromatic heterocycles. The standard InChI is InChI=1S/C19H20O2.C17H24O6.2C12H20O6.C12H18O.C12H18S.2C8H8.2C6H12O2.C5H10O2/c1-4-14(3)16-8-10-17(11-9-16)19(20)21-18-12-6-15(5-2)7-13-18;1-4-17(2,3)16(21)23-8-7-22-15(20)13-11-6-5-10(9-11)12(13)14(18)19;2*1-4-12(2,3)11(16)18-8-7-17-10(15)6-5-9(13)14;2*1-4-10(3)11-6-8-12(9-7-11)13-5-2;2*1-2-8-6-4-3-5-7-8;2*1-4-6(2,3)5(7)8;1-3-4(2)5(6)7/h5-14H,2,4H2,1,3H3;5-6,10-13H,4,7-9H2,1-3H3,(H,18,19);2*4-8H2,1-3H3,(H,13,14);2*6-10H,4-5H2,1-3H3;2*2-7H,1H2;2*4H2,1-3H3,(H,7,8);4H,3H2,1-2H3,(H,6,7). The number of fused-ring (bicyclic) bond motifs is 2. The summed E-state index contributed by atoms with van der Waals surface area (Å²) in [5, 5.41) is 51.1. The van der Waals surface area contributed by atoms with E-state index >= 15 is 0 Å². The van der Waals surface area contributed by atoms with Crippen molar-refractivity contribution in [3.05, 3.63) is 229 Å². The third-order valence-electron chi connectivity index (χ3n) is 24.6. The van der Waals surface area contributed by atoms with E-state index in [2.05, 4.69) is 105 Å². The summed E-state index contributed by atoms with van der Waals surface area (Å²) in [6.07, 6.45) is 16.6. The van der Waals surface area contributed by atoms with Crippen LogP contribution in [-0.2, 0) is 86.0 Å². The van der Waals surface area contributed by atoms with Gasteiger partial charge >= 0.3 is 77.6 Å². The maximum Gasteiger partial charge on any atom is 0.343 e. The highest BCUT2D eigenvalue weighted by molar-refractivity contribution is 7.99. The fraction of sp³-hybridized carbons (Fsp3) is 0.513. The van der Waals surface area contributed by atoms with Crippen LogP contribution in [0.4, 0.5) is 0 Å². The number of esters is 7. The number of carbonyl (C=O) groups excluding carboxylic acids is 7. The second kappa shape index (κ2) is 75.3. The van der Waals surface area contributed by atoms with Crippen molar-refractivity contribution >= 4 is 108 Å². The van der Waals surface area contributed by atoms with Crippen LogP contribution in [0.25, 0.3) is 18.2 Å². The number of thioether (sulfide) groups is 1. The number of hydrogen-bond acceptors (Lipinski definition) is 22. The predicted molar refractivity (Wildman–Crippen MR) is 575 cm³/mol. The number of hydrogen-bond donors (Lipinski definition) is 6. The second-order valence-electron chi connectivity index (χ2n) is 37.5. The van der Waals surface area contributed by atoms with E-state index in [1.165, 1.54) is 45.6 Å². The Morgan fingerprint density at radius 1 is 0.372 bits per heavy atom. The van der Waals surface area contributed by atoms with Crippen LogP contribution in [0.3, 0.4) is 0 Å². The molecule has 0 spiro atoms. The van der Waals surface area contributed by atoms with Crippen molar-refractivity contribution < 1.29 is 131 Å². The molecular formula is C117H170O27S. The Labute approximate surface area is 867 Å². The smallest absolute Gasteiger partial charge is 0.343 e. The first-order chi connectivity index (χ1) is 68.1. The van der Waals surface area contributed by atoms with Crippen molar-refractivity contribution in [2.45, 2.75) is 286 Å². The predicted octanol–water partition coefficient (Wildman–Crippen LogP) is 26.5. The summed E-state index contributed by atoms with van der Waals surface area (Å²) in [4.78, 5) is 145. The van der Waals surface area contributed by atoms with E-state index < -0.39 is 92.6 Å². The minimum absolute atomic E-state index is 0.0115. The summed E-state index contributed by atoms with van der Waals surface area (Å²) in [5.41, 5.74) is 5.26. The first-order valence-corrected chi connectivity index (χ1v) is 51.0. The molecule has 0 amide bonds. The van der Waals surface area contributed by atoms with Crippen LogP contribution in [0, 0.1) is 56.7 Å². The zero-order valence-corrected chi connectivity index (χ0v) is 91.7. The van der Waals surface area contributed by atoms with Crippen LogP contribution in [0.1, 0.15) is 324 Å². The molecule has 2 aliphatic carbocycles. The quantitative estimate of drug-likeness (QED) is 0.00516. The van der Waals surface area contributed by atoms with Crippen molar-refractivity contribution in [3.8, 4) is 11.5 Å². The number of aliphatic carboxylic acids is 6. The largest absolute Gasteiger partial charge is 0.494 e. The number of ether oxygens (including phenoxy) is 8. The van der Waals surface area contributed by atoms with Gasteiger partial charge in [0.2, 0.25) is 0 Å². The molecule has 28 heteroatoms. The molecule has 806 valence electrons. The van der Waals surface area contributed by atoms with Crippen LogP contribution >= 0.6 is 11.8 Å². The Hall–Kier alpha value is -12.5. The normalized spacial score (nSPS) is 14.0. The lowest BCUT2D eigenvalue weighted by atomic mass is 9.83. The lowest BCUT2D eigenvalue weighted by Gasteiger charge is -2.23. The number of benzene rings is 6. The van der Waals surface area contributed by atoms with Gasteiger partial charge in [-0.2, -0.15) is 0 Å². The Bertz CT molecular complexity index is 4620. The van der Waals surface area contributed by atoms with E-state index in [1.807, 2.05) is 194 Å². The lowest BCUT2D eigenvalue weighted by Crippen LogP contribution is -2.35. The van der Waals surface area contributed by atoms with E-state index in [9.17, 15) is 67.4 Å².